The normalized spacial score (nSPS) is 12.4. The molecule has 0 spiro atoms. The lowest BCUT2D eigenvalue weighted by atomic mass is 10.2. The third kappa shape index (κ3) is 2.85. The number of imidazole rings is 1. The SMILES string of the molecule is CC(Nc1ncnc2nc[nH]c12)c1nc2cccc(Cl)c2c(=O)n1N(C)C. The Kier molecular flexibility index (Phi) is 4.15. The summed E-state index contributed by atoms with van der Waals surface area (Å²) in [6.07, 6.45) is 2.99. The summed E-state index contributed by atoms with van der Waals surface area (Å²) in [5.74, 6) is 1.11. The van der Waals surface area contributed by atoms with E-state index in [1.165, 1.54) is 11.0 Å². The first-order valence-corrected chi connectivity index (χ1v) is 8.64. The lowest BCUT2D eigenvalue weighted by Gasteiger charge is -2.24. The predicted molar refractivity (Wildman–Crippen MR) is 105 cm³/mol. The molecule has 2 N–H and O–H groups in total. The summed E-state index contributed by atoms with van der Waals surface area (Å²) in [5.41, 5.74) is 1.56. The van der Waals surface area contributed by atoms with Crippen molar-refractivity contribution in [1.82, 2.24) is 29.6 Å². The summed E-state index contributed by atoms with van der Waals surface area (Å²) in [6.45, 7) is 1.91. The molecule has 0 amide bonds. The second-order valence-corrected chi connectivity index (χ2v) is 6.66. The molecule has 27 heavy (non-hydrogen) atoms. The lowest BCUT2D eigenvalue weighted by molar-refractivity contribution is 0.609. The molecule has 0 aliphatic rings. The fourth-order valence-electron chi connectivity index (χ4n) is 3.01. The molecular formula is C17H17ClN8O. The molecule has 0 saturated carbocycles. The van der Waals surface area contributed by atoms with E-state index in [9.17, 15) is 4.79 Å². The monoisotopic (exact) mass is 384 g/mol. The fourth-order valence-corrected chi connectivity index (χ4v) is 3.26. The molecule has 0 saturated heterocycles. The summed E-state index contributed by atoms with van der Waals surface area (Å²) < 4.78 is 1.50. The number of hydrogen-bond donors (Lipinski definition) is 2. The van der Waals surface area contributed by atoms with Gasteiger partial charge in [0.25, 0.3) is 5.56 Å². The third-order valence-electron chi connectivity index (χ3n) is 4.21. The van der Waals surface area contributed by atoms with Crippen molar-refractivity contribution < 1.29 is 0 Å². The molecule has 0 radical (unpaired) electrons. The maximum Gasteiger partial charge on any atom is 0.281 e. The Morgan fingerprint density at radius 3 is 2.85 bits per heavy atom. The van der Waals surface area contributed by atoms with Crippen LogP contribution in [0.25, 0.3) is 22.1 Å². The van der Waals surface area contributed by atoms with Crippen molar-refractivity contribution in [3.63, 3.8) is 0 Å². The quantitative estimate of drug-likeness (QED) is 0.555. The fraction of sp³-hybridized carbons (Fsp3) is 0.235. The molecule has 138 valence electrons. The van der Waals surface area contributed by atoms with E-state index < -0.39 is 0 Å². The van der Waals surface area contributed by atoms with E-state index in [0.717, 1.165) is 0 Å². The minimum atomic E-state index is -0.329. The van der Waals surface area contributed by atoms with Crippen LogP contribution in [0.5, 0.6) is 0 Å². The first-order valence-electron chi connectivity index (χ1n) is 8.26. The number of benzene rings is 1. The summed E-state index contributed by atoms with van der Waals surface area (Å²) in [7, 11) is 3.56. The highest BCUT2D eigenvalue weighted by molar-refractivity contribution is 6.35. The summed E-state index contributed by atoms with van der Waals surface area (Å²) in [5, 5.41) is 5.73. The molecule has 4 aromatic rings. The second kappa shape index (κ2) is 6.51. The number of halogens is 1. The molecule has 0 aliphatic carbocycles. The molecule has 9 nitrogen and oxygen atoms in total. The largest absolute Gasteiger partial charge is 0.358 e. The van der Waals surface area contributed by atoms with E-state index in [-0.39, 0.29) is 11.6 Å². The maximum absolute atomic E-state index is 13.1. The standard InChI is InChI=1S/C17H17ClN8O/c1-9(23-15-13-14(20-7-19-13)21-8-22-15)16-24-11-6-4-5-10(18)12(11)17(27)26(16)25(2)3/h4-9H,1-3H3,(H2,19,20,21,22,23). The van der Waals surface area contributed by atoms with Crippen LogP contribution in [0.4, 0.5) is 5.82 Å². The minimum Gasteiger partial charge on any atom is -0.358 e. The predicted octanol–water partition coefficient (Wildman–Crippen LogP) is 2.09. The maximum atomic E-state index is 13.1. The van der Waals surface area contributed by atoms with E-state index in [2.05, 4.69) is 30.2 Å². The Morgan fingerprint density at radius 2 is 2.07 bits per heavy atom. The van der Waals surface area contributed by atoms with E-state index in [1.54, 1.807) is 43.6 Å². The lowest BCUT2D eigenvalue weighted by Crippen LogP contribution is -2.40. The molecule has 0 bridgehead atoms. The molecule has 1 aromatic carbocycles. The van der Waals surface area contributed by atoms with Crippen molar-refractivity contribution in [3.8, 4) is 0 Å². The van der Waals surface area contributed by atoms with Gasteiger partial charge in [0, 0.05) is 14.1 Å². The van der Waals surface area contributed by atoms with Gasteiger partial charge in [-0.15, -0.1) is 0 Å². The van der Waals surface area contributed by atoms with Gasteiger partial charge in [-0.1, -0.05) is 17.7 Å². The first kappa shape index (κ1) is 17.2. The van der Waals surface area contributed by atoms with Crippen molar-refractivity contribution in [2.24, 2.45) is 0 Å². The molecular weight excluding hydrogens is 368 g/mol. The molecule has 1 unspecified atom stereocenters. The minimum absolute atomic E-state index is 0.228. The highest BCUT2D eigenvalue weighted by Gasteiger charge is 2.20. The van der Waals surface area contributed by atoms with Crippen molar-refractivity contribution >= 4 is 39.5 Å². The number of anilines is 1. The van der Waals surface area contributed by atoms with Crippen LogP contribution in [0, 0.1) is 0 Å². The number of nitrogens with one attached hydrogen (secondary N) is 2. The summed E-state index contributed by atoms with van der Waals surface area (Å²) >= 11 is 6.24. The highest BCUT2D eigenvalue weighted by Crippen LogP contribution is 2.23. The van der Waals surface area contributed by atoms with Crippen LogP contribution in [-0.2, 0) is 0 Å². The topological polar surface area (TPSA) is 105 Å². The van der Waals surface area contributed by atoms with Crippen LogP contribution in [-0.4, -0.2) is 43.7 Å². The molecule has 0 aliphatic heterocycles. The van der Waals surface area contributed by atoms with Gasteiger partial charge in [0.15, 0.2) is 17.3 Å². The van der Waals surface area contributed by atoms with Crippen LogP contribution in [0.3, 0.4) is 0 Å². The third-order valence-corrected chi connectivity index (χ3v) is 4.53. The first-order chi connectivity index (χ1) is 13.0. The van der Waals surface area contributed by atoms with Crippen molar-refractivity contribution in [2.45, 2.75) is 13.0 Å². The average molecular weight is 385 g/mol. The van der Waals surface area contributed by atoms with E-state index >= 15 is 0 Å². The van der Waals surface area contributed by atoms with Gasteiger partial charge < -0.3 is 15.3 Å². The number of aromatic nitrogens is 6. The van der Waals surface area contributed by atoms with Gasteiger partial charge in [-0.2, -0.15) is 0 Å². The zero-order valence-electron chi connectivity index (χ0n) is 14.9. The molecule has 1 atom stereocenters. The summed E-state index contributed by atoms with van der Waals surface area (Å²) in [4.78, 5) is 33.3. The number of rotatable bonds is 4. The smallest absolute Gasteiger partial charge is 0.281 e. The van der Waals surface area contributed by atoms with Gasteiger partial charge in [0.1, 0.15) is 11.8 Å². The molecule has 3 heterocycles. The van der Waals surface area contributed by atoms with Gasteiger partial charge >= 0.3 is 0 Å². The molecule has 0 fully saturated rings. The molecule has 4 rings (SSSR count). The van der Waals surface area contributed by atoms with Gasteiger partial charge in [-0.3, -0.25) is 4.79 Å². The van der Waals surface area contributed by atoms with Gasteiger partial charge in [-0.05, 0) is 19.1 Å². The summed E-state index contributed by atoms with van der Waals surface area (Å²) in [6, 6.07) is 4.91. The van der Waals surface area contributed by atoms with Gasteiger partial charge in [0.2, 0.25) is 0 Å². The van der Waals surface area contributed by atoms with Gasteiger partial charge in [-0.25, -0.2) is 24.6 Å². The number of nitrogens with zero attached hydrogens (tertiary/aromatic N) is 6. The van der Waals surface area contributed by atoms with E-state index in [1.807, 2.05) is 6.92 Å². The highest BCUT2D eigenvalue weighted by atomic mass is 35.5. The Bertz CT molecular complexity index is 1200. The van der Waals surface area contributed by atoms with Crippen molar-refractivity contribution in [3.05, 3.63) is 52.1 Å². The van der Waals surface area contributed by atoms with Crippen LogP contribution in [0.1, 0.15) is 18.8 Å². The second-order valence-electron chi connectivity index (χ2n) is 6.26. The van der Waals surface area contributed by atoms with Crippen molar-refractivity contribution in [2.75, 3.05) is 24.4 Å². The number of hydrogen-bond acceptors (Lipinski definition) is 7. The van der Waals surface area contributed by atoms with Crippen LogP contribution in [0.15, 0.2) is 35.6 Å². The number of H-pyrrole nitrogens is 1. The van der Waals surface area contributed by atoms with Crippen molar-refractivity contribution in [1.29, 1.82) is 0 Å². The van der Waals surface area contributed by atoms with Crippen LogP contribution >= 0.6 is 11.6 Å². The van der Waals surface area contributed by atoms with E-state index in [4.69, 9.17) is 11.6 Å². The van der Waals surface area contributed by atoms with Crippen LogP contribution in [0.2, 0.25) is 5.02 Å². The zero-order valence-corrected chi connectivity index (χ0v) is 15.7. The number of aromatic amines is 1. The Morgan fingerprint density at radius 1 is 1.26 bits per heavy atom. The average Bonchev–Trinajstić information content (AvgIpc) is 3.10. The van der Waals surface area contributed by atoms with Gasteiger partial charge in [0.05, 0.1) is 28.3 Å². The Hall–Kier alpha value is -3.20. The Labute approximate surface area is 159 Å². The van der Waals surface area contributed by atoms with E-state index in [0.29, 0.717) is 38.7 Å². The molecule has 10 heteroatoms. The number of fused-ring (bicyclic) bond motifs is 2. The molecule has 3 aromatic heterocycles. The Balaban J connectivity index is 1.86. The van der Waals surface area contributed by atoms with Crippen LogP contribution < -0.4 is 15.9 Å². The zero-order chi connectivity index (χ0) is 19.1.